The SMILES string of the molecule is C[C@@H](OC[C@H](O)CN1CCN(S(=O)(=O)c2cc(Cl)ccc2Cl)CC1)c1ccc(Cl)cc1. The molecule has 2 atom stereocenters. The summed E-state index contributed by atoms with van der Waals surface area (Å²) in [6, 6.07) is 11.8. The number of piperazine rings is 1. The topological polar surface area (TPSA) is 70.1 Å². The Bertz CT molecular complexity index is 981. The van der Waals surface area contributed by atoms with E-state index in [1.165, 1.54) is 16.4 Å². The first-order valence-corrected chi connectivity index (χ1v) is 12.5. The molecule has 3 rings (SSSR count). The minimum atomic E-state index is -3.73. The zero-order valence-corrected chi connectivity index (χ0v) is 20.1. The number of ether oxygens (including phenoxy) is 1. The predicted molar refractivity (Wildman–Crippen MR) is 123 cm³/mol. The fourth-order valence-electron chi connectivity index (χ4n) is 3.40. The van der Waals surface area contributed by atoms with Gasteiger partial charge in [0.2, 0.25) is 10.0 Å². The second-order valence-electron chi connectivity index (χ2n) is 7.46. The molecule has 2 aromatic carbocycles. The molecule has 6 nitrogen and oxygen atoms in total. The lowest BCUT2D eigenvalue weighted by atomic mass is 10.1. The van der Waals surface area contributed by atoms with Crippen molar-refractivity contribution in [1.82, 2.24) is 9.21 Å². The van der Waals surface area contributed by atoms with Gasteiger partial charge < -0.3 is 9.84 Å². The number of rotatable bonds is 8. The van der Waals surface area contributed by atoms with Gasteiger partial charge in [0.05, 0.1) is 23.8 Å². The quantitative estimate of drug-likeness (QED) is 0.583. The highest BCUT2D eigenvalue weighted by Gasteiger charge is 2.30. The molecule has 0 amide bonds. The molecule has 0 radical (unpaired) electrons. The first-order chi connectivity index (χ1) is 14.7. The number of sulfonamides is 1. The number of aliphatic hydroxyl groups is 1. The summed E-state index contributed by atoms with van der Waals surface area (Å²) < 4.78 is 33.0. The summed E-state index contributed by atoms with van der Waals surface area (Å²) in [6.07, 6.45) is -0.850. The Morgan fingerprint density at radius 2 is 1.61 bits per heavy atom. The summed E-state index contributed by atoms with van der Waals surface area (Å²) in [5.74, 6) is 0. The Kier molecular flexibility index (Phi) is 8.63. The molecule has 1 heterocycles. The molecule has 170 valence electrons. The molecule has 0 aliphatic carbocycles. The largest absolute Gasteiger partial charge is 0.389 e. The van der Waals surface area contributed by atoms with E-state index in [0.717, 1.165) is 5.56 Å². The smallest absolute Gasteiger partial charge is 0.244 e. The Morgan fingerprint density at radius 1 is 1.00 bits per heavy atom. The van der Waals surface area contributed by atoms with Gasteiger partial charge in [-0.25, -0.2) is 8.42 Å². The Labute approximate surface area is 198 Å². The third kappa shape index (κ3) is 6.55. The highest BCUT2D eigenvalue weighted by molar-refractivity contribution is 7.89. The Morgan fingerprint density at radius 3 is 2.26 bits per heavy atom. The molecule has 0 spiro atoms. The van der Waals surface area contributed by atoms with E-state index in [0.29, 0.717) is 42.8 Å². The Balaban J connectivity index is 1.48. The van der Waals surface area contributed by atoms with Crippen molar-refractivity contribution in [3.8, 4) is 0 Å². The zero-order chi connectivity index (χ0) is 22.6. The number of nitrogens with zero attached hydrogens (tertiary/aromatic N) is 2. The molecule has 1 aliphatic rings. The highest BCUT2D eigenvalue weighted by atomic mass is 35.5. The van der Waals surface area contributed by atoms with Crippen molar-refractivity contribution < 1.29 is 18.3 Å². The molecular weight excluding hydrogens is 483 g/mol. The summed E-state index contributed by atoms with van der Waals surface area (Å²) in [6.45, 7) is 4.11. The summed E-state index contributed by atoms with van der Waals surface area (Å²) in [5, 5.41) is 11.5. The number of benzene rings is 2. The van der Waals surface area contributed by atoms with E-state index in [1.54, 1.807) is 18.2 Å². The Hall–Kier alpha value is -0.900. The van der Waals surface area contributed by atoms with Crippen molar-refractivity contribution in [1.29, 1.82) is 0 Å². The molecule has 1 saturated heterocycles. The average molecular weight is 508 g/mol. The molecule has 0 aromatic heterocycles. The van der Waals surface area contributed by atoms with Crippen LogP contribution in [0.4, 0.5) is 0 Å². The normalized spacial score (nSPS) is 18.1. The summed E-state index contributed by atoms with van der Waals surface area (Å²) in [7, 11) is -3.73. The fraction of sp³-hybridized carbons (Fsp3) is 0.429. The lowest BCUT2D eigenvalue weighted by Crippen LogP contribution is -2.50. The van der Waals surface area contributed by atoms with Gasteiger partial charge in [-0.05, 0) is 42.8 Å². The zero-order valence-electron chi connectivity index (χ0n) is 17.0. The van der Waals surface area contributed by atoms with Gasteiger partial charge in [-0.3, -0.25) is 4.90 Å². The van der Waals surface area contributed by atoms with Gasteiger partial charge >= 0.3 is 0 Å². The van der Waals surface area contributed by atoms with Crippen molar-refractivity contribution >= 4 is 44.8 Å². The van der Waals surface area contributed by atoms with Crippen LogP contribution in [0.25, 0.3) is 0 Å². The van der Waals surface area contributed by atoms with Gasteiger partial charge in [-0.15, -0.1) is 0 Å². The summed E-state index contributed by atoms with van der Waals surface area (Å²) in [5.41, 5.74) is 0.982. The number of halogens is 3. The highest BCUT2D eigenvalue weighted by Crippen LogP contribution is 2.28. The van der Waals surface area contributed by atoms with Gasteiger partial charge in [0.1, 0.15) is 4.90 Å². The molecule has 1 aliphatic heterocycles. The van der Waals surface area contributed by atoms with Crippen LogP contribution in [0.5, 0.6) is 0 Å². The second kappa shape index (κ2) is 10.8. The van der Waals surface area contributed by atoms with E-state index >= 15 is 0 Å². The van der Waals surface area contributed by atoms with Crippen LogP contribution >= 0.6 is 34.8 Å². The maximum absolute atomic E-state index is 12.9. The fourth-order valence-corrected chi connectivity index (χ4v) is 5.69. The maximum atomic E-state index is 12.9. The van der Waals surface area contributed by atoms with E-state index in [2.05, 4.69) is 0 Å². The van der Waals surface area contributed by atoms with Gasteiger partial charge in [-0.2, -0.15) is 4.31 Å². The minimum Gasteiger partial charge on any atom is -0.389 e. The van der Waals surface area contributed by atoms with Gasteiger partial charge in [-0.1, -0.05) is 46.9 Å². The van der Waals surface area contributed by atoms with Crippen molar-refractivity contribution in [2.24, 2.45) is 0 Å². The van der Waals surface area contributed by atoms with Crippen LogP contribution in [-0.2, 0) is 14.8 Å². The van der Waals surface area contributed by atoms with E-state index in [-0.39, 0.29) is 22.6 Å². The molecule has 2 aromatic rings. The van der Waals surface area contributed by atoms with E-state index in [4.69, 9.17) is 39.5 Å². The minimum absolute atomic E-state index is 0.0136. The third-order valence-electron chi connectivity index (χ3n) is 5.19. The first-order valence-electron chi connectivity index (χ1n) is 9.89. The molecular formula is C21H25Cl3N2O4S. The second-order valence-corrected chi connectivity index (χ2v) is 10.6. The van der Waals surface area contributed by atoms with Crippen molar-refractivity contribution in [3.63, 3.8) is 0 Å². The van der Waals surface area contributed by atoms with Crippen LogP contribution in [0.2, 0.25) is 15.1 Å². The van der Waals surface area contributed by atoms with Crippen molar-refractivity contribution in [2.75, 3.05) is 39.3 Å². The monoisotopic (exact) mass is 506 g/mol. The standard InChI is InChI=1S/C21H25Cl3N2O4S/c1-15(16-2-4-17(22)5-3-16)30-14-19(27)13-25-8-10-26(11-9-25)31(28,29)21-12-18(23)6-7-20(21)24/h2-7,12,15,19,27H,8-11,13-14H2,1H3/t15-,19-/m1/s1. The van der Waals surface area contributed by atoms with Gasteiger partial charge in [0, 0.05) is 42.8 Å². The number of hydrogen-bond acceptors (Lipinski definition) is 5. The van der Waals surface area contributed by atoms with Crippen LogP contribution in [0, 0.1) is 0 Å². The lowest BCUT2D eigenvalue weighted by molar-refractivity contribution is -0.0186. The molecule has 0 unspecified atom stereocenters. The molecule has 10 heteroatoms. The number of aliphatic hydroxyl groups excluding tert-OH is 1. The van der Waals surface area contributed by atoms with Crippen LogP contribution < -0.4 is 0 Å². The van der Waals surface area contributed by atoms with Crippen molar-refractivity contribution in [3.05, 3.63) is 63.1 Å². The van der Waals surface area contributed by atoms with Crippen LogP contribution in [0.3, 0.4) is 0 Å². The maximum Gasteiger partial charge on any atom is 0.244 e. The van der Waals surface area contributed by atoms with Crippen molar-refractivity contribution in [2.45, 2.75) is 24.0 Å². The van der Waals surface area contributed by atoms with Crippen LogP contribution in [-0.4, -0.2) is 68.2 Å². The molecule has 0 saturated carbocycles. The van der Waals surface area contributed by atoms with E-state index in [9.17, 15) is 13.5 Å². The van der Waals surface area contributed by atoms with Crippen LogP contribution in [0.1, 0.15) is 18.6 Å². The third-order valence-corrected chi connectivity index (χ3v) is 8.06. The summed E-state index contributed by atoms with van der Waals surface area (Å²) in [4.78, 5) is 2.03. The van der Waals surface area contributed by atoms with Gasteiger partial charge in [0.15, 0.2) is 0 Å². The van der Waals surface area contributed by atoms with Crippen LogP contribution in [0.15, 0.2) is 47.4 Å². The number of β-amino-alcohol motifs (C(OH)–C–C–N with tert-alkyl or cyclic N) is 1. The predicted octanol–water partition coefficient (Wildman–Crippen LogP) is 4.09. The first kappa shape index (κ1) is 24.7. The average Bonchev–Trinajstić information content (AvgIpc) is 2.74. The van der Waals surface area contributed by atoms with Gasteiger partial charge in [0.25, 0.3) is 0 Å². The van der Waals surface area contributed by atoms with E-state index < -0.39 is 16.1 Å². The van der Waals surface area contributed by atoms with E-state index in [1.807, 2.05) is 24.0 Å². The molecule has 1 N–H and O–H groups in total. The molecule has 0 bridgehead atoms. The lowest BCUT2D eigenvalue weighted by Gasteiger charge is -2.35. The molecule has 31 heavy (non-hydrogen) atoms. The summed E-state index contributed by atoms with van der Waals surface area (Å²) >= 11 is 17.9. The number of hydrogen-bond donors (Lipinski definition) is 1. The molecule has 1 fully saturated rings.